The van der Waals surface area contributed by atoms with Crippen LogP contribution in [-0.2, 0) is 0 Å². The summed E-state index contributed by atoms with van der Waals surface area (Å²) >= 11 is 0. The minimum absolute atomic E-state index is 0.163. The number of aryl methyl sites for hydroxylation is 2. The van der Waals surface area contributed by atoms with Crippen LogP contribution in [0, 0.1) is 35.8 Å². The summed E-state index contributed by atoms with van der Waals surface area (Å²) in [6, 6.07) is 1.82. The van der Waals surface area contributed by atoms with E-state index in [1.54, 1.807) is 0 Å². The van der Waals surface area contributed by atoms with Gasteiger partial charge in [-0.15, -0.1) is 0 Å². The number of aromatic nitrogens is 2. The summed E-state index contributed by atoms with van der Waals surface area (Å²) in [7, 11) is 0. The van der Waals surface area contributed by atoms with Crippen LogP contribution in [0.4, 0.5) is 0 Å². The number of hydrogen-bond acceptors (Lipinski definition) is 4. The fraction of sp³-hybridized carbons (Fsp3) is 0.692. The van der Waals surface area contributed by atoms with Crippen molar-refractivity contribution in [1.29, 1.82) is 0 Å². The van der Waals surface area contributed by atoms with E-state index < -0.39 is 0 Å². The molecule has 1 rings (SSSR count). The zero-order chi connectivity index (χ0) is 14.6. The summed E-state index contributed by atoms with van der Waals surface area (Å²) in [4.78, 5) is 22.4. The molecule has 1 atom stereocenters. The van der Waals surface area contributed by atoms with Crippen molar-refractivity contribution in [1.82, 2.24) is 9.78 Å². The zero-order valence-electron chi connectivity index (χ0n) is 11.9. The molecule has 6 nitrogen and oxygen atoms in total. The molecule has 19 heavy (non-hydrogen) atoms. The Morgan fingerprint density at radius 2 is 2.11 bits per heavy atom. The van der Waals surface area contributed by atoms with Gasteiger partial charge >= 0.3 is 0 Å². The lowest BCUT2D eigenvalue weighted by atomic mass is 9.94. The third kappa shape index (κ3) is 4.81. The lowest BCUT2D eigenvalue weighted by Crippen LogP contribution is -2.24. The lowest BCUT2D eigenvalue weighted by Gasteiger charge is -2.14. The van der Waals surface area contributed by atoms with Crippen molar-refractivity contribution in [3.8, 4) is 0 Å². The van der Waals surface area contributed by atoms with Crippen molar-refractivity contribution < 1.29 is 9.72 Å². The standard InChI is InChI=1S/C13H21N3O3/c1-9(2)5-12(8-15(18)19)7-13(17)16-11(4)6-10(3)14-16/h6,9,12H,5,7-8H2,1-4H3. The smallest absolute Gasteiger partial charge is 0.247 e. The first kappa shape index (κ1) is 15.3. The van der Waals surface area contributed by atoms with Crippen LogP contribution in [0.1, 0.15) is 42.9 Å². The first-order valence-corrected chi connectivity index (χ1v) is 6.47. The molecule has 106 valence electrons. The van der Waals surface area contributed by atoms with Crippen molar-refractivity contribution in [2.45, 2.75) is 40.5 Å². The zero-order valence-corrected chi connectivity index (χ0v) is 11.9. The van der Waals surface area contributed by atoms with Gasteiger partial charge in [0.05, 0.1) is 5.69 Å². The van der Waals surface area contributed by atoms with Crippen molar-refractivity contribution in [2.24, 2.45) is 11.8 Å². The minimum atomic E-state index is -0.346. The Labute approximate surface area is 113 Å². The van der Waals surface area contributed by atoms with Gasteiger partial charge in [0.2, 0.25) is 12.5 Å². The Bertz CT molecular complexity index is 466. The summed E-state index contributed by atoms with van der Waals surface area (Å²) in [6.45, 7) is 7.47. The normalized spacial score (nSPS) is 12.7. The maximum atomic E-state index is 12.1. The molecule has 0 aliphatic heterocycles. The van der Waals surface area contributed by atoms with E-state index in [4.69, 9.17) is 0 Å². The van der Waals surface area contributed by atoms with E-state index in [1.807, 2.05) is 33.8 Å². The molecule has 0 saturated heterocycles. The molecule has 0 bridgehead atoms. The van der Waals surface area contributed by atoms with Crippen LogP contribution < -0.4 is 0 Å². The Balaban J connectivity index is 2.75. The SMILES string of the molecule is Cc1cc(C)n(C(=O)CC(CC(C)C)C[N+](=O)[O-])n1. The van der Waals surface area contributed by atoms with E-state index in [0.29, 0.717) is 12.3 Å². The number of carbonyl (C=O) groups is 1. The van der Waals surface area contributed by atoms with Crippen molar-refractivity contribution in [2.75, 3.05) is 6.54 Å². The summed E-state index contributed by atoms with van der Waals surface area (Å²) in [5.74, 6) is -0.0669. The van der Waals surface area contributed by atoms with E-state index in [2.05, 4.69) is 5.10 Å². The van der Waals surface area contributed by atoms with Gasteiger partial charge in [0.15, 0.2) is 0 Å². The second-order valence-corrected chi connectivity index (χ2v) is 5.45. The highest BCUT2D eigenvalue weighted by Gasteiger charge is 2.22. The van der Waals surface area contributed by atoms with E-state index in [0.717, 1.165) is 11.4 Å². The number of carbonyl (C=O) groups excluding carboxylic acids is 1. The largest absolute Gasteiger partial charge is 0.273 e. The van der Waals surface area contributed by atoms with Crippen molar-refractivity contribution in [3.05, 3.63) is 27.6 Å². The molecule has 1 heterocycles. The van der Waals surface area contributed by atoms with Crippen LogP contribution >= 0.6 is 0 Å². The highest BCUT2D eigenvalue weighted by atomic mass is 16.6. The van der Waals surface area contributed by atoms with E-state index in [9.17, 15) is 14.9 Å². The number of rotatable bonds is 6. The molecule has 0 aliphatic rings. The maximum Gasteiger partial charge on any atom is 0.247 e. The molecule has 0 spiro atoms. The van der Waals surface area contributed by atoms with Crippen LogP contribution in [-0.4, -0.2) is 27.2 Å². The molecule has 1 aromatic rings. The summed E-state index contributed by atoms with van der Waals surface area (Å²) < 4.78 is 1.35. The van der Waals surface area contributed by atoms with E-state index >= 15 is 0 Å². The van der Waals surface area contributed by atoms with Gasteiger partial charge in [-0.25, -0.2) is 4.68 Å². The topological polar surface area (TPSA) is 78.0 Å². The highest BCUT2D eigenvalue weighted by molar-refractivity contribution is 5.78. The monoisotopic (exact) mass is 267 g/mol. The van der Waals surface area contributed by atoms with Crippen LogP contribution in [0.3, 0.4) is 0 Å². The average Bonchev–Trinajstić information content (AvgIpc) is 2.55. The van der Waals surface area contributed by atoms with Gasteiger partial charge in [0.25, 0.3) is 0 Å². The third-order valence-corrected chi connectivity index (χ3v) is 2.92. The molecule has 1 unspecified atom stereocenters. The summed E-state index contributed by atoms with van der Waals surface area (Å²) in [5, 5.41) is 14.8. The Morgan fingerprint density at radius 3 is 2.53 bits per heavy atom. The lowest BCUT2D eigenvalue weighted by molar-refractivity contribution is -0.488. The molecular formula is C13H21N3O3. The first-order chi connectivity index (χ1) is 8.79. The number of nitro groups is 1. The molecule has 6 heteroatoms. The fourth-order valence-electron chi connectivity index (χ4n) is 2.31. The molecular weight excluding hydrogens is 246 g/mol. The molecule has 0 radical (unpaired) electrons. The Morgan fingerprint density at radius 1 is 1.47 bits per heavy atom. The highest BCUT2D eigenvalue weighted by Crippen LogP contribution is 2.17. The number of nitrogens with zero attached hydrogens (tertiary/aromatic N) is 3. The molecule has 0 N–H and O–H groups in total. The van der Waals surface area contributed by atoms with E-state index in [1.165, 1.54) is 4.68 Å². The quantitative estimate of drug-likeness (QED) is 0.586. The predicted octanol–water partition coefficient (Wildman–Crippen LogP) is 2.47. The van der Waals surface area contributed by atoms with Gasteiger partial charge in [-0.3, -0.25) is 14.9 Å². The minimum Gasteiger partial charge on any atom is -0.273 e. The van der Waals surface area contributed by atoms with Crippen LogP contribution in [0.5, 0.6) is 0 Å². The number of hydrogen-bond donors (Lipinski definition) is 0. The van der Waals surface area contributed by atoms with Gasteiger partial charge in [0.1, 0.15) is 0 Å². The molecule has 0 aliphatic carbocycles. The second kappa shape index (κ2) is 6.45. The molecule has 0 fully saturated rings. The van der Waals surface area contributed by atoms with Crippen LogP contribution in [0.15, 0.2) is 6.07 Å². The summed E-state index contributed by atoms with van der Waals surface area (Å²) in [5.41, 5.74) is 1.55. The van der Waals surface area contributed by atoms with Crippen LogP contribution in [0.2, 0.25) is 0 Å². The van der Waals surface area contributed by atoms with Crippen LogP contribution in [0.25, 0.3) is 0 Å². The second-order valence-electron chi connectivity index (χ2n) is 5.45. The molecule has 0 amide bonds. The Hall–Kier alpha value is -1.72. The van der Waals surface area contributed by atoms with Gasteiger partial charge in [0, 0.05) is 23.0 Å². The molecule has 0 saturated carbocycles. The van der Waals surface area contributed by atoms with Crippen molar-refractivity contribution >= 4 is 5.91 Å². The predicted molar refractivity (Wildman–Crippen MR) is 71.8 cm³/mol. The maximum absolute atomic E-state index is 12.1. The first-order valence-electron chi connectivity index (χ1n) is 6.47. The van der Waals surface area contributed by atoms with Crippen molar-refractivity contribution in [3.63, 3.8) is 0 Å². The molecule has 0 aromatic carbocycles. The van der Waals surface area contributed by atoms with Gasteiger partial charge in [-0.2, -0.15) is 5.10 Å². The van der Waals surface area contributed by atoms with E-state index in [-0.39, 0.29) is 29.7 Å². The average molecular weight is 267 g/mol. The fourth-order valence-corrected chi connectivity index (χ4v) is 2.31. The molecule has 1 aromatic heterocycles. The Kier molecular flexibility index (Phi) is 5.20. The third-order valence-electron chi connectivity index (χ3n) is 2.92. The van der Waals surface area contributed by atoms with Gasteiger partial charge in [-0.1, -0.05) is 13.8 Å². The summed E-state index contributed by atoms with van der Waals surface area (Å²) in [6.07, 6.45) is 0.840. The van der Waals surface area contributed by atoms with Gasteiger partial charge < -0.3 is 0 Å². The van der Waals surface area contributed by atoms with Gasteiger partial charge in [-0.05, 0) is 32.3 Å².